The van der Waals surface area contributed by atoms with Gasteiger partial charge < -0.3 is 16.2 Å². The molecule has 4 N–H and O–H groups in total. The van der Waals surface area contributed by atoms with E-state index in [4.69, 9.17) is 10.8 Å². The van der Waals surface area contributed by atoms with Crippen molar-refractivity contribution in [3.63, 3.8) is 0 Å². The van der Waals surface area contributed by atoms with E-state index in [0.717, 1.165) is 6.07 Å². The Morgan fingerprint density at radius 1 is 1.53 bits per heavy atom. The molecule has 0 aromatic heterocycles. The summed E-state index contributed by atoms with van der Waals surface area (Å²) in [6, 6.07) is 2.76. The molecule has 0 aliphatic rings. The first-order valence-corrected chi connectivity index (χ1v) is 6.94. The first-order chi connectivity index (χ1) is 8.97. The van der Waals surface area contributed by atoms with Gasteiger partial charge in [-0.25, -0.2) is 9.18 Å². The van der Waals surface area contributed by atoms with Gasteiger partial charge in [0.1, 0.15) is 5.82 Å². The Balaban J connectivity index is 2.87. The molecule has 1 aromatic rings. The summed E-state index contributed by atoms with van der Waals surface area (Å²) in [5.74, 6) is -2.02. The second-order valence-electron chi connectivity index (χ2n) is 3.84. The van der Waals surface area contributed by atoms with Gasteiger partial charge in [-0.2, -0.15) is 11.8 Å². The molecule has 5 nitrogen and oxygen atoms in total. The van der Waals surface area contributed by atoms with E-state index in [9.17, 15) is 14.0 Å². The Hall–Kier alpha value is -1.60. The molecule has 19 heavy (non-hydrogen) atoms. The summed E-state index contributed by atoms with van der Waals surface area (Å²) in [7, 11) is 0. The van der Waals surface area contributed by atoms with Crippen LogP contribution in [0, 0.1) is 5.82 Å². The Kier molecular flexibility index (Phi) is 5.78. The Labute approximate surface area is 114 Å². The molecule has 0 fully saturated rings. The molecule has 7 heteroatoms. The monoisotopic (exact) mass is 286 g/mol. The number of carboxylic acid groups (broad SMARTS) is 1. The van der Waals surface area contributed by atoms with Crippen LogP contribution in [0.3, 0.4) is 0 Å². The van der Waals surface area contributed by atoms with Crippen molar-refractivity contribution in [3.05, 3.63) is 29.6 Å². The molecule has 1 rings (SSSR count). The highest BCUT2D eigenvalue weighted by molar-refractivity contribution is 7.98. The summed E-state index contributed by atoms with van der Waals surface area (Å²) in [5.41, 5.74) is 4.98. The molecule has 0 radical (unpaired) electrons. The summed E-state index contributed by atoms with van der Waals surface area (Å²) >= 11 is 1.54. The smallest absolute Gasteiger partial charge is 0.337 e. The van der Waals surface area contributed by atoms with Crippen LogP contribution in [0.2, 0.25) is 0 Å². The topological polar surface area (TPSA) is 92.4 Å². The maximum absolute atomic E-state index is 13.6. The number of aromatic carboxylic acids is 1. The van der Waals surface area contributed by atoms with Crippen LogP contribution in [0.25, 0.3) is 0 Å². The number of anilines is 1. The summed E-state index contributed by atoms with van der Waals surface area (Å²) < 4.78 is 13.6. The van der Waals surface area contributed by atoms with E-state index in [0.29, 0.717) is 12.2 Å². The van der Waals surface area contributed by atoms with Crippen molar-refractivity contribution in [1.82, 2.24) is 0 Å². The number of nitrogens with two attached hydrogens (primary N) is 1. The molecule has 0 bridgehead atoms. The maximum Gasteiger partial charge on any atom is 0.337 e. The summed E-state index contributed by atoms with van der Waals surface area (Å²) in [6.45, 7) is 0. The minimum atomic E-state index is -1.31. The van der Waals surface area contributed by atoms with Gasteiger partial charge in [-0.3, -0.25) is 4.79 Å². The lowest BCUT2D eigenvalue weighted by molar-refractivity contribution is -0.117. The van der Waals surface area contributed by atoms with Crippen LogP contribution in [0.1, 0.15) is 16.8 Å². The predicted molar refractivity (Wildman–Crippen MR) is 73.0 cm³/mol. The Morgan fingerprint density at radius 2 is 2.21 bits per heavy atom. The van der Waals surface area contributed by atoms with Gasteiger partial charge in [-0.15, -0.1) is 0 Å². The number of halogens is 1. The van der Waals surface area contributed by atoms with Crippen molar-refractivity contribution in [3.8, 4) is 0 Å². The number of para-hydroxylation sites is 1. The van der Waals surface area contributed by atoms with Gasteiger partial charge in [0.05, 0.1) is 17.3 Å². The fourth-order valence-electron chi connectivity index (χ4n) is 1.42. The van der Waals surface area contributed by atoms with E-state index in [-0.39, 0.29) is 11.3 Å². The molecule has 0 heterocycles. The van der Waals surface area contributed by atoms with E-state index >= 15 is 0 Å². The number of nitrogens with one attached hydrogen (secondary N) is 1. The number of thioether (sulfide) groups is 1. The Bertz CT molecular complexity index is 482. The maximum atomic E-state index is 13.6. The van der Waals surface area contributed by atoms with Crippen LogP contribution in [0.5, 0.6) is 0 Å². The molecule has 0 aliphatic carbocycles. The zero-order valence-corrected chi connectivity index (χ0v) is 11.2. The summed E-state index contributed by atoms with van der Waals surface area (Å²) in [4.78, 5) is 22.7. The fraction of sp³-hybridized carbons (Fsp3) is 0.333. The van der Waals surface area contributed by atoms with E-state index in [1.807, 2.05) is 6.26 Å². The lowest BCUT2D eigenvalue weighted by Crippen LogP contribution is -2.36. The average Bonchev–Trinajstić information content (AvgIpc) is 2.37. The number of benzene rings is 1. The van der Waals surface area contributed by atoms with Crippen LogP contribution in [0.15, 0.2) is 18.2 Å². The highest BCUT2D eigenvalue weighted by atomic mass is 32.2. The second-order valence-corrected chi connectivity index (χ2v) is 4.83. The molecule has 0 unspecified atom stereocenters. The van der Waals surface area contributed by atoms with Crippen LogP contribution in [0.4, 0.5) is 10.1 Å². The standard InChI is InChI=1S/C12H15FN2O3S/c1-19-6-5-9(14)11(16)15-10-7(12(17)18)3-2-4-8(10)13/h2-4,9H,5-6,14H2,1H3,(H,15,16)(H,17,18)/t9-/m0/s1. The number of hydrogen-bond donors (Lipinski definition) is 3. The van der Waals surface area contributed by atoms with Crippen LogP contribution in [-0.4, -0.2) is 35.0 Å². The number of hydrogen-bond acceptors (Lipinski definition) is 4. The SMILES string of the molecule is CSCC[C@H](N)C(=O)Nc1c(F)cccc1C(=O)O. The van der Waals surface area contributed by atoms with Crippen molar-refractivity contribution in [1.29, 1.82) is 0 Å². The van der Waals surface area contributed by atoms with E-state index in [2.05, 4.69) is 5.32 Å². The molecule has 0 saturated carbocycles. The third-order valence-electron chi connectivity index (χ3n) is 2.46. The van der Waals surface area contributed by atoms with Gasteiger partial charge in [-0.05, 0) is 30.6 Å². The van der Waals surface area contributed by atoms with Crippen LogP contribution < -0.4 is 11.1 Å². The van der Waals surface area contributed by atoms with Crippen molar-refractivity contribution in [2.24, 2.45) is 5.73 Å². The summed E-state index contributed by atoms with van der Waals surface area (Å²) in [5, 5.41) is 11.2. The largest absolute Gasteiger partial charge is 0.478 e. The highest BCUT2D eigenvalue weighted by Crippen LogP contribution is 2.20. The molecule has 1 amide bonds. The van der Waals surface area contributed by atoms with Gasteiger partial charge in [0.25, 0.3) is 0 Å². The molecule has 0 spiro atoms. The number of amides is 1. The molecule has 0 aliphatic heterocycles. The minimum absolute atomic E-state index is 0.301. The second kappa shape index (κ2) is 7.10. The number of carbonyl (C=O) groups is 2. The fourth-order valence-corrected chi connectivity index (χ4v) is 1.91. The number of rotatable bonds is 6. The number of carbonyl (C=O) groups excluding carboxylic acids is 1. The zero-order valence-electron chi connectivity index (χ0n) is 10.4. The molecule has 1 atom stereocenters. The van der Waals surface area contributed by atoms with E-state index < -0.39 is 23.7 Å². The van der Waals surface area contributed by atoms with Crippen molar-refractivity contribution in [2.75, 3.05) is 17.3 Å². The van der Waals surface area contributed by atoms with Crippen LogP contribution >= 0.6 is 11.8 Å². The van der Waals surface area contributed by atoms with E-state index in [1.165, 1.54) is 23.9 Å². The highest BCUT2D eigenvalue weighted by Gasteiger charge is 2.19. The molecule has 104 valence electrons. The van der Waals surface area contributed by atoms with Gasteiger partial charge in [0.2, 0.25) is 5.91 Å². The normalized spacial score (nSPS) is 11.9. The van der Waals surface area contributed by atoms with Crippen molar-refractivity contribution >= 4 is 29.3 Å². The van der Waals surface area contributed by atoms with E-state index in [1.54, 1.807) is 0 Å². The first-order valence-electron chi connectivity index (χ1n) is 5.54. The molecule has 1 aromatic carbocycles. The minimum Gasteiger partial charge on any atom is -0.478 e. The lowest BCUT2D eigenvalue weighted by atomic mass is 10.1. The Morgan fingerprint density at radius 3 is 2.79 bits per heavy atom. The van der Waals surface area contributed by atoms with Gasteiger partial charge in [0, 0.05) is 0 Å². The lowest BCUT2D eigenvalue weighted by Gasteiger charge is -2.13. The molecular formula is C12H15FN2O3S. The third-order valence-corrected chi connectivity index (χ3v) is 3.11. The molecular weight excluding hydrogens is 271 g/mol. The van der Waals surface area contributed by atoms with Gasteiger partial charge in [0.15, 0.2) is 0 Å². The third kappa shape index (κ3) is 4.22. The average molecular weight is 286 g/mol. The van der Waals surface area contributed by atoms with Crippen molar-refractivity contribution in [2.45, 2.75) is 12.5 Å². The quantitative estimate of drug-likeness (QED) is 0.737. The predicted octanol–water partition coefficient (Wildman–Crippen LogP) is 1.54. The zero-order chi connectivity index (χ0) is 14.4. The number of carboxylic acids is 1. The first kappa shape index (κ1) is 15.5. The van der Waals surface area contributed by atoms with Crippen LogP contribution in [-0.2, 0) is 4.79 Å². The molecule has 0 saturated heterocycles. The van der Waals surface area contributed by atoms with Crippen molar-refractivity contribution < 1.29 is 19.1 Å². The van der Waals surface area contributed by atoms with Gasteiger partial charge in [-0.1, -0.05) is 6.07 Å². The van der Waals surface area contributed by atoms with Gasteiger partial charge >= 0.3 is 5.97 Å². The summed E-state index contributed by atoms with van der Waals surface area (Å²) in [6.07, 6.45) is 2.31.